The molecule has 0 atom stereocenters. The van der Waals surface area contributed by atoms with Gasteiger partial charge >= 0.3 is 5.97 Å². The van der Waals surface area contributed by atoms with Gasteiger partial charge in [0.2, 0.25) is 16.0 Å². The average Bonchev–Trinajstić information content (AvgIpc) is 3.33. The second-order valence-corrected chi connectivity index (χ2v) is 11.8. The summed E-state index contributed by atoms with van der Waals surface area (Å²) < 4.78 is 41.2. The average molecular weight is 611 g/mol. The Morgan fingerprint density at radius 2 is 1.77 bits per heavy atom. The fourth-order valence-electron chi connectivity index (χ4n) is 5.00. The van der Waals surface area contributed by atoms with Crippen LogP contribution in [-0.4, -0.2) is 87.8 Å². The van der Waals surface area contributed by atoms with Crippen LogP contribution in [0, 0.1) is 0 Å². The van der Waals surface area contributed by atoms with E-state index in [0.717, 1.165) is 6.42 Å². The number of aryl methyl sites for hydroxylation is 2. The molecule has 0 bridgehead atoms. The second kappa shape index (κ2) is 12.5. The van der Waals surface area contributed by atoms with Gasteiger partial charge in [-0.15, -0.1) is 0 Å². The molecule has 1 saturated heterocycles. The molecule has 0 unspecified atom stereocenters. The van der Waals surface area contributed by atoms with Gasteiger partial charge in [0.1, 0.15) is 17.1 Å². The van der Waals surface area contributed by atoms with Gasteiger partial charge in [-0.25, -0.2) is 28.2 Å². The van der Waals surface area contributed by atoms with Gasteiger partial charge < -0.3 is 19.4 Å². The summed E-state index contributed by atoms with van der Waals surface area (Å²) >= 11 is 0. The molecule has 0 saturated carbocycles. The normalized spacial score (nSPS) is 14.3. The monoisotopic (exact) mass is 610 g/mol. The van der Waals surface area contributed by atoms with Crippen LogP contribution in [0.15, 0.2) is 40.3 Å². The summed E-state index contributed by atoms with van der Waals surface area (Å²) in [4.78, 5) is 42.9. The molecule has 14 nitrogen and oxygen atoms in total. The zero-order chi connectivity index (χ0) is 30.7. The molecule has 15 heteroatoms. The van der Waals surface area contributed by atoms with Crippen molar-refractivity contribution in [1.29, 1.82) is 0 Å². The molecule has 3 aromatic heterocycles. The molecule has 4 heterocycles. The number of hydrogen-bond donors (Lipinski definition) is 1. The van der Waals surface area contributed by atoms with Gasteiger partial charge in [-0.2, -0.15) is 9.40 Å². The molecule has 0 spiro atoms. The van der Waals surface area contributed by atoms with E-state index in [0.29, 0.717) is 60.1 Å². The lowest BCUT2D eigenvalue weighted by Crippen LogP contribution is -2.49. The van der Waals surface area contributed by atoms with Crippen LogP contribution in [-0.2, 0) is 28.2 Å². The SMILES string of the molecule is CCCc1nn(C)c2c(=O)[nH]c(-c3cc(S(=O)(=O)N4CCN(c5ncc(C(=O)OCC)cn5)CC4)ccc3OCC)nc12. The van der Waals surface area contributed by atoms with E-state index in [1.807, 2.05) is 18.7 Å². The number of anilines is 1. The number of sulfonamides is 1. The van der Waals surface area contributed by atoms with E-state index in [2.05, 4.69) is 20.1 Å². The van der Waals surface area contributed by atoms with Gasteiger partial charge in [-0.1, -0.05) is 13.3 Å². The van der Waals surface area contributed by atoms with E-state index in [1.54, 1.807) is 20.0 Å². The van der Waals surface area contributed by atoms with Crippen molar-refractivity contribution in [2.24, 2.45) is 7.05 Å². The number of aromatic amines is 1. The van der Waals surface area contributed by atoms with Crippen molar-refractivity contribution in [2.45, 2.75) is 38.5 Å². The Labute approximate surface area is 248 Å². The number of esters is 1. The minimum Gasteiger partial charge on any atom is -0.493 e. The van der Waals surface area contributed by atoms with Crippen molar-refractivity contribution in [3.05, 3.63) is 52.2 Å². The van der Waals surface area contributed by atoms with Crippen molar-refractivity contribution in [3.63, 3.8) is 0 Å². The number of rotatable bonds is 10. The van der Waals surface area contributed by atoms with E-state index in [1.165, 1.54) is 33.5 Å². The Hall–Kier alpha value is -4.37. The summed E-state index contributed by atoms with van der Waals surface area (Å²) in [6, 6.07) is 4.57. The maximum Gasteiger partial charge on any atom is 0.341 e. The number of H-pyrrole nitrogens is 1. The third-order valence-corrected chi connectivity index (χ3v) is 8.96. The number of carbonyl (C=O) groups is 1. The van der Waals surface area contributed by atoms with Crippen molar-refractivity contribution in [3.8, 4) is 17.1 Å². The lowest BCUT2D eigenvalue weighted by atomic mass is 10.1. The maximum atomic E-state index is 13.8. The second-order valence-electron chi connectivity index (χ2n) is 9.91. The number of carbonyl (C=O) groups excluding carboxylic acids is 1. The number of aromatic nitrogens is 6. The molecular weight excluding hydrogens is 576 g/mol. The van der Waals surface area contributed by atoms with Crippen molar-refractivity contribution >= 4 is 33.0 Å². The molecule has 0 aliphatic carbocycles. The molecule has 228 valence electrons. The van der Waals surface area contributed by atoms with Crippen LogP contribution in [0.1, 0.15) is 43.2 Å². The Kier molecular flexibility index (Phi) is 8.73. The molecule has 43 heavy (non-hydrogen) atoms. The van der Waals surface area contributed by atoms with Crippen LogP contribution in [0.5, 0.6) is 5.75 Å². The lowest BCUT2D eigenvalue weighted by Gasteiger charge is -2.34. The maximum absolute atomic E-state index is 13.8. The highest BCUT2D eigenvalue weighted by Gasteiger charge is 2.30. The van der Waals surface area contributed by atoms with Crippen LogP contribution in [0.4, 0.5) is 5.95 Å². The number of benzene rings is 1. The van der Waals surface area contributed by atoms with Crippen LogP contribution in [0.2, 0.25) is 0 Å². The lowest BCUT2D eigenvalue weighted by molar-refractivity contribution is 0.0525. The largest absolute Gasteiger partial charge is 0.493 e. The molecular formula is C28H34N8O6S. The Morgan fingerprint density at radius 1 is 1.05 bits per heavy atom. The molecule has 0 radical (unpaired) electrons. The highest BCUT2D eigenvalue weighted by Crippen LogP contribution is 2.32. The summed E-state index contributed by atoms with van der Waals surface area (Å²) in [7, 11) is -2.21. The van der Waals surface area contributed by atoms with E-state index >= 15 is 0 Å². The molecule has 0 amide bonds. The van der Waals surface area contributed by atoms with Crippen molar-refractivity contribution in [2.75, 3.05) is 44.3 Å². The quantitative estimate of drug-likeness (QED) is 0.262. The number of hydrogen-bond acceptors (Lipinski definition) is 11. The zero-order valence-electron chi connectivity index (χ0n) is 24.5. The van der Waals surface area contributed by atoms with E-state index < -0.39 is 16.0 Å². The predicted octanol–water partition coefficient (Wildman–Crippen LogP) is 2.15. The van der Waals surface area contributed by atoms with E-state index in [4.69, 9.17) is 14.5 Å². The number of ether oxygens (including phenoxy) is 2. The van der Waals surface area contributed by atoms with Crippen molar-refractivity contribution < 1.29 is 22.7 Å². The first kappa shape index (κ1) is 30.1. The Balaban J connectivity index is 1.41. The van der Waals surface area contributed by atoms with Crippen LogP contribution < -0.4 is 15.2 Å². The number of nitrogens with one attached hydrogen (secondary N) is 1. The van der Waals surface area contributed by atoms with Gasteiger partial charge in [0.15, 0.2) is 5.52 Å². The molecule has 4 aromatic rings. The fourth-order valence-corrected chi connectivity index (χ4v) is 6.45. The third kappa shape index (κ3) is 5.95. The molecule has 1 fully saturated rings. The summed E-state index contributed by atoms with van der Waals surface area (Å²) in [5, 5.41) is 4.47. The van der Waals surface area contributed by atoms with Crippen LogP contribution in [0.3, 0.4) is 0 Å². The highest BCUT2D eigenvalue weighted by molar-refractivity contribution is 7.89. The minimum absolute atomic E-state index is 0.0529. The van der Waals surface area contributed by atoms with Gasteiger partial charge in [0, 0.05) is 45.6 Å². The zero-order valence-corrected chi connectivity index (χ0v) is 25.3. The molecule has 5 rings (SSSR count). The summed E-state index contributed by atoms with van der Waals surface area (Å²) in [6.07, 6.45) is 4.27. The van der Waals surface area contributed by atoms with E-state index in [9.17, 15) is 18.0 Å². The number of piperazine rings is 1. The Morgan fingerprint density at radius 3 is 2.42 bits per heavy atom. The standard InChI is InChI=1S/C28H34N8O6S/c1-5-8-21-23-24(34(4)33-21)26(37)32-25(31-23)20-15-19(9-10-22(20)41-6-2)43(39,40)36-13-11-35(12-14-36)28-29-16-18(17-30-28)27(38)42-7-3/h9-10,15-17H,5-8,11-14H2,1-4H3,(H,31,32,37). The van der Waals surface area contributed by atoms with Gasteiger partial charge in [0.05, 0.1) is 34.9 Å². The number of fused-ring (bicyclic) bond motifs is 1. The van der Waals surface area contributed by atoms with Crippen LogP contribution in [0.25, 0.3) is 22.4 Å². The topological polar surface area (TPSA) is 166 Å². The minimum atomic E-state index is -3.91. The first-order chi connectivity index (χ1) is 20.7. The molecule has 1 aliphatic rings. The first-order valence-electron chi connectivity index (χ1n) is 14.1. The predicted molar refractivity (Wildman–Crippen MR) is 159 cm³/mol. The van der Waals surface area contributed by atoms with Gasteiger partial charge in [-0.05, 0) is 38.5 Å². The fraction of sp³-hybridized carbons (Fsp3) is 0.429. The van der Waals surface area contributed by atoms with E-state index in [-0.39, 0.29) is 41.5 Å². The smallest absolute Gasteiger partial charge is 0.341 e. The first-order valence-corrected chi connectivity index (χ1v) is 15.6. The molecule has 1 aromatic carbocycles. The summed E-state index contributed by atoms with van der Waals surface area (Å²) in [5.41, 5.74) is 1.77. The van der Waals surface area contributed by atoms with Crippen molar-refractivity contribution in [1.82, 2.24) is 34.0 Å². The van der Waals surface area contributed by atoms with Gasteiger partial charge in [-0.3, -0.25) is 9.48 Å². The molecule has 1 N–H and O–H groups in total. The van der Waals surface area contributed by atoms with Gasteiger partial charge in [0.25, 0.3) is 5.56 Å². The molecule has 1 aliphatic heterocycles. The highest BCUT2D eigenvalue weighted by atomic mass is 32.2. The summed E-state index contributed by atoms with van der Waals surface area (Å²) in [6.45, 7) is 7.26. The Bertz CT molecular complexity index is 1790. The van der Waals surface area contributed by atoms with Crippen LogP contribution >= 0.6 is 0 Å². The summed E-state index contributed by atoms with van der Waals surface area (Å²) in [5.74, 6) is 0.507. The third-order valence-electron chi connectivity index (χ3n) is 7.06. The number of nitrogens with zero attached hydrogens (tertiary/aromatic N) is 7.